The second-order valence-electron chi connectivity index (χ2n) is 4.50. The zero-order valence-electron chi connectivity index (χ0n) is 9.44. The number of imidazole rings is 1. The quantitative estimate of drug-likeness (QED) is 0.841. The summed E-state index contributed by atoms with van der Waals surface area (Å²) < 4.78 is 2.19. The van der Waals surface area contributed by atoms with Crippen LogP contribution in [-0.4, -0.2) is 15.6 Å². The van der Waals surface area contributed by atoms with Crippen molar-refractivity contribution in [2.45, 2.75) is 25.4 Å². The fourth-order valence-corrected chi connectivity index (χ4v) is 2.54. The van der Waals surface area contributed by atoms with Crippen LogP contribution in [0.1, 0.15) is 12.1 Å². The van der Waals surface area contributed by atoms with E-state index in [-0.39, 0.29) is 6.04 Å². The monoisotopic (exact) mass is 247 g/mol. The van der Waals surface area contributed by atoms with Crippen LogP contribution < -0.4 is 5.73 Å². The molecule has 0 fully saturated rings. The molecular formula is C13H14ClN3. The van der Waals surface area contributed by atoms with Gasteiger partial charge < -0.3 is 10.3 Å². The Bertz CT molecular complexity index is 547. The molecule has 2 N–H and O–H groups in total. The van der Waals surface area contributed by atoms with Gasteiger partial charge in [-0.2, -0.15) is 0 Å². The molecule has 0 bridgehead atoms. The van der Waals surface area contributed by atoms with E-state index in [0.717, 1.165) is 35.7 Å². The van der Waals surface area contributed by atoms with Crippen LogP contribution >= 0.6 is 11.6 Å². The molecule has 0 radical (unpaired) electrons. The Hall–Kier alpha value is -1.32. The first-order valence-electron chi connectivity index (χ1n) is 5.79. The van der Waals surface area contributed by atoms with E-state index in [1.807, 2.05) is 30.6 Å². The maximum absolute atomic E-state index is 6.02. The van der Waals surface area contributed by atoms with Crippen LogP contribution in [0.3, 0.4) is 0 Å². The van der Waals surface area contributed by atoms with Gasteiger partial charge in [0.15, 0.2) is 0 Å². The minimum Gasteiger partial charge on any atom is -0.334 e. The molecule has 0 spiro atoms. The second-order valence-corrected chi connectivity index (χ2v) is 4.93. The standard InChI is InChI=1S/C13H14ClN3/c14-10-3-1-2-9(6-10)13-12-7-11(15)4-5-17(12)8-16-13/h1-3,6,8,11H,4-5,7,15H2. The smallest absolute Gasteiger partial charge is 0.0956 e. The normalized spacial score (nSPS) is 19.1. The molecule has 3 rings (SSSR count). The average molecular weight is 248 g/mol. The van der Waals surface area contributed by atoms with Crippen molar-refractivity contribution in [1.82, 2.24) is 9.55 Å². The number of benzene rings is 1. The van der Waals surface area contributed by atoms with E-state index in [2.05, 4.69) is 9.55 Å². The van der Waals surface area contributed by atoms with Gasteiger partial charge in [-0.3, -0.25) is 0 Å². The molecule has 1 unspecified atom stereocenters. The maximum atomic E-state index is 6.02. The highest BCUT2D eigenvalue weighted by atomic mass is 35.5. The Morgan fingerprint density at radius 1 is 1.41 bits per heavy atom. The predicted molar refractivity (Wildman–Crippen MR) is 69.0 cm³/mol. The number of halogens is 1. The zero-order valence-corrected chi connectivity index (χ0v) is 10.2. The van der Waals surface area contributed by atoms with Gasteiger partial charge in [0.25, 0.3) is 0 Å². The van der Waals surface area contributed by atoms with E-state index >= 15 is 0 Å². The predicted octanol–water partition coefficient (Wildman–Crippen LogP) is 2.48. The van der Waals surface area contributed by atoms with Crippen LogP contribution in [0.4, 0.5) is 0 Å². The third-order valence-electron chi connectivity index (χ3n) is 3.24. The second kappa shape index (κ2) is 4.17. The summed E-state index contributed by atoms with van der Waals surface area (Å²) in [5.74, 6) is 0. The fraction of sp³-hybridized carbons (Fsp3) is 0.308. The van der Waals surface area contributed by atoms with Gasteiger partial charge >= 0.3 is 0 Å². The zero-order chi connectivity index (χ0) is 11.8. The molecule has 1 aliphatic heterocycles. The highest BCUT2D eigenvalue weighted by Crippen LogP contribution is 2.27. The summed E-state index contributed by atoms with van der Waals surface area (Å²) >= 11 is 6.01. The minimum atomic E-state index is 0.247. The lowest BCUT2D eigenvalue weighted by Crippen LogP contribution is -2.30. The molecule has 1 aromatic carbocycles. The number of aryl methyl sites for hydroxylation is 1. The molecule has 0 aliphatic carbocycles. The molecule has 2 aromatic rings. The molecule has 88 valence electrons. The summed E-state index contributed by atoms with van der Waals surface area (Å²) in [7, 11) is 0. The van der Waals surface area contributed by atoms with Crippen LogP contribution in [0, 0.1) is 0 Å². The van der Waals surface area contributed by atoms with Crippen molar-refractivity contribution in [3.05, 3.63) is 41.3 Å². The fourth-order valence-electron chi connectivity index (χ4n) is 2.35. The van der Waals surface area contributed by atoms with Gasteiger partial charge in [-0.25, -0.2) is 4.98 Å². The lowest BCUT2D eigenvalue weighted by Gasteiger charge is -2.21. The topological polar surface area (TPSA) is 43.8 Å². The molecular weight excluding hydrogens is 234 g/mol. The highest BCUT2D eigenvalue weighted by Gasteiger charge is 2.20. The van der Waals surface area contributed by atoms with Crippen molar-refractivity contribution >= 4 is 11.6 Å². The number of rotatable bonds is 1. The number of nitrogens with zero attached hydrogens (tertiary/aromatic N) is 2. The summed E-state index contributed by atoms with van der Waals surface area (Å²) in [6.45, 7) is 0.962. The molecule has 4 heteroatoms. The number of aromatic nitrogens is 2. The lowest BCUT2D eigenvalue weighted by molar-refractivity contribution is 0.472. The summed E-state index contributed by atoms with van der Waals surface area (Å²) in [5, 5.41) is 0.740. The van der Waals surface area contributed by atoms with Crippen molar-refractivity contribution in [3.63, 3.8) is 0 Å². The third-order valence-corrected chi connectivity index (χ3v) is 3.48. The van der Waals surface area contributed by atoms with Crippen LogP contribution in [0.15, 0.2) is 30.6 Å². The molecule has 2 heterocycles. The van der Waals surface area contributed by atoms with Crippen molar-refractivity contribution in [2.75, 3.05) is 0 Å². The first-order chi connectivity index (χ1) is 8.24. The van der Waals surface area contributed by atoms with Gasteiger partial charge in [0.1, 0.15) is 0 Å². The SMILES string of the molecule is NC1CCn2cnc(-c3cccc(Cl)c3)c2C1. The van der Waals surface area contributed by atoms with Gasteiger partial charge in [0.05, 0.1) is 12.0 Å². The van der Waals surface area contributed by atoms with E-state index in [4.69, 9.17) is 17.3 Å². The number of nitrogens with two attached hydrogens (primary N) is 1. The molecule has 0 saturated carbocycles. The number of fused-ring (bicyclic) bond motifs is 1. The van der Waals surface area contributed by atoms with Crippen LogP contribution in [0.5, 0.6) is 0 Å². The number of hydrogen-bond acceptors (Lipinski definition) is 2. The Kier molecular flexibility index (Phi) is 2.65. The molecule has 1 atom stereocenters. The van der Waals surface area contributed by atoms with Gasteiger partial charge in [0, 0.05) is 35.3 Å². The van der Waals surface area contributed by atoms with Crippen LogP contribution in [-0.2, 0) is 13.0 Å². The minimum absolute atomic E-state index is 0.247. The van der Waals surface area contributed by atoms with E-state index in [1.165, 1.54) is 5.69 Å². The molecule has 0 amide bonds. The van der Waals surface area contributed by atoms with Gasteiger partial charge in [-0.05, 0) is 18.6 Å². The van der Waals surface area contributed by atoms with Gasteiger partial charge in [0.2, 0.25) is 0 Å². The summed E-state index contributed by atoms with van der Waals surface area (Å²) in [4.78, 5) is 4.49. The van der Waals surface area contributed by atoms with E-state index < -0.39 is 0 Å². The van der Waals surface area contributed by atoms with E-state index in [1.54, 1.807) is 0 Å². The summed E-state index contributed by atoms with van der Waals surface area (Å²) in [6.07, 6.45) is 3.82. The Labute approximate surface area is 105 Å². The molecule has 17 heavy (non-hydrogen) atoms. The molecule has 3 nitrogen and oxygen atoms in total. The van der Waals surface area contributed by atoms with E-state index in [0.29, 0.717) is 0 Å². The van der Waals surface area contributed by atoms with Crippen molar-refractivity contribution in [3.8, 4) is 11.3 Å². The van der Waals surface area contributed by atoms with Crippen molar-refractivity contribution < 1.29 is 0 Å². The van der Waals surface area contributed by atoms with E-state index in [9.17, 15) is 0 Å². The van der Waals surface area contributed by atoms with Crippen molar-refractivity contribution in [2.24, 2.45) is 5.73 Å². The molecule has 1 aliphatic rings. The van der Waals surface area contributed by atoms with Crippen LogP contribution in [0.2, 0.25) is 5.02 Å². The average Bonchev–Trinajstić information content (AvgIpc) is 2.71. The third kappa shape index (κ3) is 1.96. The Balaban J connectivity index is 2.07. The summed E-state index contributed by atoms with van der Waals surface area (Å²) in [5.41, 5.74) is 9.33. The lowest BCUT2D eigenvalue weighted by atomic mass is 10.0. The van der Waals surface area contributed by atoms with Gasteiger partial charge in [-0.15, -0.1) is 0 Å². The number of hydrogen-bond donors (Lipinski definition) is 1. The van der Waals surface area contributed by atoms with Gasteiger partial charge in [-0.1, -0.05) is 23.7 Å². The van der Waals surface area contributed by atoms with Crippen molar-refractivity contribution in [1.29, 1.82) is 0 Å². The highest BCUT2D eigenvalue weighted by molar-refractivity contribution is 6.30. The molecule has 0 saturated heterocycles. The Morgan fingerprint density at radius 3 is 3.12 bits per heavy atom. The first-order valence-corrected chi connectivity index (χ1v) is 6.17. The summed E-state index contributed by atoms with van der Waals surface area (Å²) in [6, 6.07) is 8.06. The maximum Gasteiger partial charge on any atom is 0.0956 e. The first kappa shape index (κ1) is 10.8. The molecule has 1 aromatic heterocycles. The largest absolute Gasteiger partial charge is 0.334 e. The van der Waals surface area contributed by atoms with Crippen LogP contribution in [0.25, 0.3) is 11.3 Å². The Morgan fingerprint density at radius 2 is 2.29 bits per heavy atom.